The van der Waals surface area contributed by atoms with Crippen LogP contribution in [0.15, 0.2) is 0 Å². The number of urea groups is 1. The molecule has 0 aromatic rings. The maximum atomic E-state index is 12.0. The molecule has 122 valence electrons. The molecule has 1 aliphatic carbocycles. The lowest BCUT2D eigenvalue weighted by Gasteiger charge is -2.29. The molecule has 0 aromatic heterocycles. The lowest BCUT2D eigenvalue weighted by molar-refractivity contribution is -0.145. The van der Waals surface area contributed by atoms with Gasteiger partial charge in [-0.15, -0.1) is 0 Å². The van der Waals surface area contributed by atoms with Gasteiger partial charge in [-0.05, 0) is 19.3 Å². The summed E-state index contributed by atoms with van der Waals surface area (Å²) in [4.78, 5) is 23.1. The number of aliphatic carboxylic acids is 1. The quantitative estimate of drug-likeness (QED) is 0.540. The van der Waals surface area contributed by atoms with E-state index in [9.17, 15) is 27.9 Å². The molecule has 0 saturated heterocycles. The molecule has 1 fully saturated rings. The van der Waals surface area contributed by atoms with Gasteiger partial charge in [0, 0.05) is 13.0 Å². The number of hydrogen-bond acceptors (Lipinski definition) is 2. The molecule has 2 amide bonds. The van der Waals surface area contributed by atoms with Gasteiger partial charge in [0.25, 0.3) is 0 Å². The molecule has 0 heterocycles. The maximum absolute atomic E-state index is 12.0. The summed E-state index contributed by atoms with van der Waals surface area (Å²) in [6.45, 7) is -0.138. The summed E-state index contributed by atoms with van der Waals surface area (Å²) in [5.41, 5.74) is -1.30. The van der Waals surface area contributed by atoms with E-state index in [1.807, 2.05) is 0 Å². The number of alkyl halides is 3. The Morgan fingerprint density at radius 3 is 2.14 bits per heavy atom. The van der Waals surface area contributed by atoms with Gasteiger partial charge in [0.2, 0.25) is 0 Å². The highest BCUT2D eigenvalue weighted by Crippen LogP contribution is 2.27. The van der Waals surface area contributed by atoms with Crippen LogP contribution < -0.4 is 10.6 Å². The van der Waals surface area contributed by atoms with E-state index in [0.717, 1.165) is 12.8 Å². The molecule has 21 heavy (non-hydrogen) atoms. The van der Waals surface area contributed by atoms with Crippen LogP contribution in [0.5, 0.6) is 0 Å². The van der Waals surface area contributed by atoms with Crippen LogP contribution in [0.3, 0.4) is 0 Å². The van der Waals surface area contributed by atoms with E-state index in [0.29, 0.717) is 25.7 Å². The first-order chi connectivity index (χ1) is 9.75. The van der Waals surface area contributed by atoms with Gasteiger partial charge in [0.05, 0.1) is 0 Å². The molecule has 0 bridgehead atoms. The second kappa shape index (κ2) is 7.51. The van der Waals surface area contributed by atoms with Crippen molar-refractivity contribution < 1.29 is 27.9 Å². The van der Waals surface area contributed by atoms with Crippen LogP contribution in [0.1, 0.15) is 51.4 Å². The van der Waals surface area contributed by atoms with Crippen molar-refractivity contribution in [2.45, 2.75) is 63.1 Å². The summed E-state index contributed by atoms with van der Waals surface area (Å²) in [5, 5.41) is 14.1. The number of nitrogens with one attached hydrogen (secondary N) is 2. The van der Waals surface area contributed by atoms with E-state index in [2.05, 4.69) is 10.6 Å². The lowest BCUT2D eigenvalue weighted by Crippen LogP contribution is -2.57. The molecule has 0 atom stereocenters. The fourth-order valence-electron chi connectivity index (χ4n) is 2.48. The molecule has 1 saturated carbocycles. The number of carbonyl (C=O) groups is 2. The minimum Gasteiger partial charge on any atom is -0.480 e. The molecule has 8 heteroatoms. The van der Waals surface area contributed by atoms with Gasteiger partial charge in [-0.25, -0.2) is 9.59 Å². The van der Waals surface area contributed by atoms with Gasteiger partial charge >= 0.3 is 18.2 Å². The molecular weight excluding hydrogens is 289 g/mol. The smallest absolute Gasteiger partial charge is 0.389 e. The van der Waals surface area contributed by atoms with E-state index in [1.54, 1.807) is 0 Å². The Morgan fingerprint density at radius 1 is 1.10 bits per heavy atom. The molecule has 0 aliphatic heterocycles. The third-order valence-electron chi connectivity index (χ3n) is 3.64. The Labute approximate surface area is 121 Å². The van der Waals surface area contributed by atoms with Crippen molar-refractivity contribution in [1.82, 2.24) is 10.6 Å². The number of halogens is 3. The second-order valence-electron chi connectivity index (χ2n) is 5.40. The average molecular weight is 310 g/mol. The van der Waals surface area contributed by atoms with Crippen molar-refractivity contribution in [3.8, 4) is 0 Å². The number of carbonyl (C=O) groups excluding carboxylic acids is 1. The molecule has 5 nitrogen and oxygen atoms in total. The van der Waals surface area contributed by atoms with E-state index in [1.165, 1.54) is 0 Å². The van der Waals surface area contributed by atoms with Crippen molar-refractivity contribution in [1.29, 1.82) is 0 Å². The summed E-state index contributed by atoms with van der Waals surface area (Å²) < 4.78 is 35.9. The zero-order valence-corrected chi connectivity index (χ0v) is 11.8. The largest absolute Gasteiger partial charge is 0.480 e. The summed E-state index contributed by atoms with van der Waals surface area (Å²) in [6, 6.07) is -0.721. The van der Waals surface area contributed by atoms with Crippen molar-refractivity contribution in [2.75, 3.05) is 6.54 Å². The molecule has 1 rings (SSSR count). The predicted molar refractivity (Wildman–Crippen MR) is 69.9 cm³/mol. The van der Waals surface area contributed by atoms with Crippen molar-refractivity contribution in [3.05, 3.63) is 0 Å². The maximum Gasteiger partial charge on any atom is 0.389 e. The standard InChI is InChI=1S/C13H21F3N2O3/c14-13(15,16)8-5-9-17-11(21)18-12(10(19)20)6-3-1-2-4-7-12/h1-9H2,(H,19,20)(H2,17,18,21). The van der Waals surface area contributed by atoms with Gasteiger partial charge in [-0.3, -0.25) is 0 Å². The zero-order chi connectivity index (χ0) is 15.9. The van der Waals surface area contributed by atoms with Crippen LogP contribution in [-0.2, 0) is 4.79 Å². The first-order valence-electron chi connectivity index (χ1n) is 7.11. The fourth-order valence-corrected chi connectivity index (χ4v) is 2.48. The van der Waals surface area contributed by atoms with Gasteiger partial charge in [0.1, 0.15) is 5.54 Å². The molecule has 0 unspecified atom stereocenters. The Bertz CT molecular complexity index is 364. The summed E-state index contributed by atoms with van der Waals surface area (Å²) in [5.74, 6) is -1.09. The van der Waals surface area contributed by atoms with E-state index < -0.39 is 30.1 Å². The fraction of sp³-hybridized carbons (Fsp3) is 0.846. The van der Waals surface area contributed by atoms with E-state index in [-0.39, 0.29) is 13.0 Å². The third kappa shape index (κ3) is 6.22. The number of carboxylic acid groups (broad SMARTS) is 1. The number of carboxylic acids is 1. The van der Waals surface area contributed by atoms with Crippen LogP contribution in [0, 0.1) is 0 Å². The van der Waals surface area contributed by atoms with Gasteiger partial charge in [0.15, 0.2) is 0 Å². The molecule has 3 N–H and O–H groups in total. The van der Waals surface area contributed by atoms with Crippen LogP contribution in [-0.4, -0.2) is 35.4 Å². The highest BCUT2D eigenvalue weighted by Gasteiger charge is 2.40. The van der Waals surface area contributed by atoms with Crippen LogP contribution >= 0.6 is 0 Å². The Kier molecular flexibility index (Phi) is 6.29. The first kappa shape index (κ1) is 17.6. The summed E-state index contributed by atoms with van der Waals surface area (Å²) in [7, 11) is 0. The van der Waals surface area contributed by atoms with E-state index >= 15 is 0 Å². The van der Waals surface area contributed by atoms with Crippen molar-refractivity contribution >= 4 is 12.0 Å². The van der Waals surface area contributed by atoms with Gasteiger partial charge in [-0.2, -0.15) is 13.2 Å². The molecule has 0 aromatic carbocycles. The SMILES string of the molecule is O=C(NCCCC(F)(F)F)NC1(C(=O)O)CCCCCC1. The predicted octanol–water partition coefficient (Wildman–Crippen LogP) is 2.81. The third-order valence-corrected chi connectivity index (χ3v) is 3.64. The zero-order valence-electron chi connectivity index (χ0n) is 11.8. The van der Waals surface area contributed by atoms with Crippen LogP contribution in [0.2, 0.25) is 0 Å². The van der Waals surface area contributed by atoms with Crippen LogP contribution in [0.4, 0.5) is 18.0 Å². The Balaban J connectivity index is 2.44. The number of hydrogen-bond donors (Lipinski definition) is 3. The minimum absolute atomic E-state index is 0.138. The Hall–Kier alpha value is -1.47. The average Bonchev–Trinajstić information content (AvgIpc) is 2.60. The minimum atomic E-state index is -4.25. The first-order valence-corrected chi connectivity index (χ1v) is 7.11. The summed E-state index contributed by atoms with van der Waals surface area (Å²) in [6.07, 6.45) is -1.50. The normalized spacial score (nSPS) is 18.6. The molecule has 0 spiro atoms. The van der Waals surface area contributed by atoms with Gasteiger partial charge in [-0.1, -0.05) is 25.7 Å². The summed E-state index contributed by atoms with van der Waals surface area (Å²) >= 11 is 0. The molecule has 1 aliphatic rings. The van der Waals surface area contributed by atoms with Gasteiger partial charge < -0.3 is 15.7 Å². The highest BCUT2D eigenvalue weighted by atomic mass is 19.4. The lowest BCUT2D eigenvalue weighted by atomic mass is 9.90. The highest BCUT2D eigenvalue weighted by molar-refractivity contribution is 5.86. The number of rotatable bonds is 5. The van der Waals surface area contributed by atoms with E-state index in [4.69, 9.17) is 0 Å². The molecular formula is C13H21F3N2O3. The van der Waals surface area contributed by atoms with Crippen LogP contribution in [0.25, 0.3) is 0 Å². The monoisotopic (exact) mass is 310 g/mol. The number of amides is 2. The topological polar surface area (TPSA) is 78.4 Å². The Morgan fingerprint density at radius 2 is 1.67 bits per heavy atom. The van der Waals surface area contributed by atoms with Crippen molar-refractivity contribution in [3.63, 3.8) is 0 Å². The van der Waals surface area contributed by atoms with Crippen molar-refractivity contribution in [2.24, 2.45) is 0 Å². The molecule has 0 radical (unpaired) electrons. The second-order valence-corrected chi connectivity index (χ2v) is 5.40.